The molecule has 2 heterocycles. The van der Waals surface area contributed by atoms with Gasteiger partial charge in [0.05, 0.1) is 11.3 Å². The van der Waals surface area contributed by atoms with Crippen LogP contribution < -0.4 is 10.2 Å². The van der Waals surface area contributed by atoms with Gasteiger partial charge in [-0.1, -0.05) is 38.1 Å². The van der Waals surface area contributed by atoms with Crippen molar-refractivity contribution in [2.45, 2.75) is 45.2 Å². The number of amides is 3. The van der Waals surface area contributed by atoms with Crippen molar-refractivity contribution in [3.8, 4) is 0 Å². The van der Waals surface area contributed by atoms with E-state index in [1.807, 2.05) is 37.3 Å². The Morgan fingerprint density at radius 3 is 2.66 bits per heavy atom. The number of nitrogens with zero attached hydrogens (tertiary/aromatic N) is 2. The molecule has 29 heavy (non-hydrogen) atoms. The van der Waals surface area contributed by atoms with Gasteiger partial charge in [-0.3, -0.25) is 19.3 Å². The monoisotopic (exact) mass is 391 g/mol. The maximum atomic E-state index is 13.2. The number of carbonyl (C=O) groups is 3. The second kappa shape index (κ2) is 7.03. The van der Waals surface area contributed by atoms with E-state index in [0.717, 1.165) is 5.56 Å². The number of hydrogen-bond acceptors (Lipinski definition) is 3. The van der Waals surface area contributed by atoms with Crippen LogP contribution in [0.4, 0.5) is 11.4 Å². The molecule has 2 aliphatic heterocycles. The summed E-state index contributed by atoms with van der Waals surface area (Å²) in [7, 11) is 0. The number of anilines is 2. The standard InChI is InChI=1S/C23H25N3O3/c1-15(2)16-7-6-8-17(13-16)24-20(27)14-25-22(29)18-9-4-5-10-19(18)26-21(28)11-12-23(25,26)3/h4-10,13,15H,11-12,14H2,1-3H3,(H,24,27). The molecule has 1 saturated heterocycles. The number of benzene rings is 2. The van der Waals surface area contributed by atoms with E-state index in [1.165, 1.54) is 4.90 Å². The number of fused-ring (bicyclic) bond motifs is 3. The average molecular weight is 391 g/mol. The molecule has 4 rings (SSSR count). The topological polar surface area (TPSA) is 69.7 Å². The van der Waals surface area contributed by atoms with Crippen LogP contribution in [0, 0.1) is 0 Å². The molecule has 2 aromatic rings. The SMILES string of the molecule is CC(C)c1cccc(NC(=O)CN2C(=O)c3ccccc3N3C(=O)CCC23C)c1. The van der Waals surface area contributed by atoms with Gasteiger partial charge in [0, 0.05) is 12.1 Å². The van der Waals surface area contributed by atoms with Crippen LogP contribution in [0.25, 0.3) is 0 Å². The van der Waals surface area contributed by atoms with Gasteiger partial charge in [-0.25, -0.2) is 0 Å². The number of nitrogens with one attached hydrogen (secondary N) is 1. The number of carbonyl (C=O) groups excluding carboxylic acids is 3. The van der Waals surface area contributed by atoms with E-state index in [4.69, 9.17) is 0 Å². The third-order valence-electron chi connectivity index (χ3n) is 5.88. The Bertz CT molecular complexity index is 1000. The Kier molecular flexibility index (Phi) is 4.65. The van der Waals surface area contributed by atoms with E-state index in [9.17, 15) is 14.4 Å². The first kappa shape index (κ1) is 19.2. The number of para-hydroxylation sites is 1. The van der Waals surface area contributed by atoms with Gasteiger partial charge in [0.25, 0.3) is 5.91 Å². The second-order valence-electron chi connectivity index (χ2n) is 8.18. The normalized spacial score (nSPS) is 20.7. The second-order valence-corrected chi connectivity index (χ2v) is 8.18. The van der Waals surface area contributed by atoms with Crippen molar-refractivity contribution >= 4 is 29.1 Å². The lowest BCUT2D eigenvalue weighted by molar-refractivity contribution is -0.120. The van der Waals surface area contributed by atoms with Gasteiger partial charge in [-0.05, 0) is 49.1 Å². The highest BCUT2D eigenvalue weighted by molar-refractivity contribution is 6.11. The Morgan fingerprint density at radius 1 is 1.14 bits per heavy atom. The predicted molar refractivity (Wildman–Crippen MR) is 112 cm³/mol. The maximum absolute atomic E-state index is 13.2. The average Bonchev–Trinajstić information content (AvgIpc) is 3.01. The molecule has 1 atom stereocenters. The van der Waals surface area contributed by atoms with Gasteiger partial charge in [-0.2, -0.15) is 0 Å². The predicted octanol–water partition coefficient (Wildman–Crippen LogP) is 3.75. The molecule has 2 aliphatic rings. The van der Waals surface area contributed by atoms with Crippen molar-refractivity contribution in [2.75, 3.05) is 16.8 Å². The van der Waals surface area contributed by atoms with Crippen molar-refractivity contribution in [1.29, 1.82) is 0 Å². The summed E-state index contributed by atoms with van der Waals surface area (Å²) >= 11 is 0. The lowest BCUT2D eigenvalue weighted by Crippen LogP contribution is -2.63. The molecule has 1 N–H and O–H groups in total. The van der Waals surface area contributed by atoms with Crippen molar-refractivity contribution in [2.24, 2.45) is 0 Å². The highest BCUT2D eigenvalue weighted by Gasteiger charge is 2.53. The Morgan fingerprint density at radius 2 is 1.90 bits per heavy atom. The summed E-state index contributed by atoms with van der Waals surface area (Å²) in [6, 6.07) is 14.8. The van der Waals surface area contributed by atoms with E-state index in [-0.39, 0.29) is 24.3 Å². The molecule has 6 nitrogen and oxygen atoms in total. The first-order chi connectivity index (χ1) is 13.8. The zero-order chi connectivity index (χ0) is 20.8. The molecule has 0 aromatic heterocycles. The van der Waals surface area contributed by atoms with Crippen LogP contribution in [0.5, 0.6) is 0 Å². The minimum Gasteiger partial charge on any atom is -0.325 e. The van der Waals surface area contributed by atoms with Crippen LogP contribution in [0.2, 0.25) is 0 Å². The summed E-state index contributed by atoms with van der Waals surface area (Å²) < 4.78 is 0. The van der Waals surface area contributed by atoms with E-state index in [2.05, 4.69) is 19.2 Å². The lowest BCUT2D eigenvalue weighted by atomic mass is 9.98. The molecule has 0 bridgehead atoms. The zero-order valence-corrected chi connectivity index (χ0v) is 16.9. The summed E-state index contributed by atoms with van der Waals surface area (Å²) in [4.78, 5) is 41.8. The number of rotatable bonds is 4. The first-order valence-electron chi connectivity index (χ1n) is 9.95. The highest BCUT2D eigenvalue weighted by Crippen LogP contribution is 2.43. The van der Waals surface area contributed by atoms with E-state index in [1.54, 1.807) is 23.1 Å². The summed E-state index contributed by atoms with van der Waals surface area (Å²) in [6.07, 6.45) is 0.856. The molecule has 6 heteroatoms. The molecule has 0 spiro atoms. The van der Waals surface area contributed by atoms with E-state index >= 15 is 0 Å². The zero-order valence-electron chi connectivity index (χ0n) is 16.9. The highest BCUT2D eigenvalue weighted by atomic mass is 16.2. The third-order valence-corrected chi connectivity index (χ3v) is 5.88. The summed E-state index contributed by atoms with van der Waals surface area (Å²) in [6.45, 7) is 5.94. The minimum absolute atomic E-state index is 0.0255. The quantitative estimate of drug-likeness (QED) is 0.863. The molecule has 1 unspecified atom stereocenters. The van der Waals surface area contributed by atoms with Crippen LogP contribution in [0.1, 0.15) is 55.5 Å². The van der Waals surface area contributed by atoms with Gasteiger partial charge < -0.3 is 10.2 Å². The molecular formula is C23H25N3O3. The van der Waals surface area contributed by atoms with Crippen LogP contribution in [-0.4, -0.2) is 34.8 Å². The summed E-state index contributed by atoms with van der Waals surface area (Å²) in [5.74, 6) is -0.175. The van der Waals surface area contributed by atoms with Crippen LogP contribution in [0.15, 0.2) is 48.5 Å². The van der Waals surface area contributed by atoms with Gasteiger partial charge in [0.1, 0.15) is 12.2 Å². The van der Waals surface area contributed by atoms with Crippen LogP contribution in [-0.2, 0) is 9.59 Å². The largest absolute Gasteiger partial charge is 0.325 e. The maximum Gasteiger partial charge on any atom is 0.258 e. The molecule has 3 amide bonds. The summed E-state index contributed by atoms with van der Waals surface area (Å²) in [5, 5.41) is 2.90. The van der Waals surface area contributed by atoms with Gasteiger partial charge in [-0.15, -0.1) is 0 Å². The molecule has 0 saturated carbocycles. The van der Waals surface area contributed by atoms with Crippen LogP contribution in [0.3, 0.4) is 0 Å². The van der Waals surface area contributed by atoms with Gasteiger partial charge in [0.2, 0.25) is 11.8 Å². The van der Waals surface area contributed by atoms with Gasteiger partial charge >= 0.3 is 0 Å². The van der Waals surface area contributed by atoms with E-state index in [0.29, 0.717) is 35.7 Å². The van der Waals surface area contributed by atoms with Crippen molar-refractivity contribution in [1.82, 2.24) is 4.90 Å². The molecule has 150 valence electrons. The minimum atomic E-state index is -0.834. The third kappa shape index (κ3) is 3.18. The Hall–Kier alpha value is -3.15. The van der Waals surface area contributed by atoms with Gasteiger partial charge in [0.15, 0.2) is 0 Å². The van der Waals surface area contributed by atoms with E-state index < -0.39 is 5.66 Å². The fraction of sp³-hybridized carbons (Fsp3) is 0.348. The smallest absolute Gasteiger partial charge is 0.258 e. The first-order valence-corrected chi connectivity index (χ1v) is 9.95. The molecule has 1 fully saturated rings. The molecular weight excluding hydrogens is 366 g/mol. The summed E-state index contributed by atoms with van der Waals surface area (Å²) in [5.41, 5.74) is 2.08. The fourth-order valence-corrected chi connectivity index (χ4v) is 4.26. The molecule has 0 radical (unpaired) electrons. The fourth-order valence-electron chi connectivity index (χ4n) is 4.26. The molecule has 2 aromatic carbocycles. The number of hydrogen-bond donors (Lipinski definition) is 1. The van der Waals surface area contributed by atoms with Crippen molar-refractivity contribution in [3.63, 3.8) is 0 Å². The van der Waals surface area contributed by atoms with Crippen LogP contribution >= 0.6 is 0 Å². The van der Waals surface area contributed by atoms with Crippen molar-refractivity contribution in [3.05, 3.63) is 59.7 Å². The van der Waals surface area contributed by atoms with Crippen molar-refractivity contribution < 1.29 is 14.4 Å². The lowest BCUT2D eigenvalue weighted by Gasteiger charge is -2.48. The Balaban J connectivity index is 1.61. The molecule has 0 aliphatic carbocycles. The Labute approximate surface area is 170 Å².